The van der Waals surface area contributed by atoms with E-state index in [0.29, 0.717) is 5.75 Å². The minimum Gasteiger partial charge on any atom is -0.456 e. The van der Waals surface area contributed by atoms with Crippen LogP contribution in [0.2, 0.25) is 0 Å². The van der Waals surface area contributed by atoms with Crippen LogP contribution in [0.3, 0.4) is 0 Å². The van der Waals surface area contributed by atoms with Gasteiger partial charge in [0.25, 0.3) is 0 Å². The molecule has 8 rings (SSSR count). The maximum atomic E-state index is 13.7. The number of hydrogen-bond donors (Lipinski definition) is 0. The number of para-hydroxylation sites is 1. The van der Waals surface area contributed by atoms with E-state index in [-0.39, 0.29) is 12.8 Å². The highest BCUT2D eigenvalue weighted by Crippen LogP contribution is 2.44. The molecule has 0 aliphatic carbocycles. The lowest BCUT2D eigenvalue weighted by Crippen LogP contribution is -2.60. The number of benzene rings is 5. The van der Waals surface area contributed by atoms with Gasteiger partial charge in [-0.05, 0) is 66.4 Å². The van der Waals surface area contributed by atoms with Crippen molar-refractivity contribution >= 4 is 73.3 Å². The van der Waals surface area contributed by atoms with E-state index < -0.39 is 0 Å². The van der Waals surface area contributed by atoms with E-state index in [1.165, 1.54) is 22.2 Å². The molecule has 1 amide bonds. The largest absolute Gasteiger partial charge is 0.456 e. The Morgan fingerprint density at radius 2 is 1.63 bits per heavy atom. The zero-order chi connectivity index (χ0) is 25.7. The van der Waals surface area contributed by atoms with Gasteiger partial charge in [-0.15, -0.1) is 0 Å². The molecule has 0 atom stereocenters. The third-order valence-corrected chi connectivity index (χ3v) is 8.35. The van der Waals surface area contributed by atoms with Crippen LogP contribution in [0.25, 0.3) is 32.7 Å². The highest BCUT2D eigenvalue weighted by molar-refractivity contribution is 6.99. The van der Waals surface area contributed by atoms with Crippen LogP contribution in [-0.4, -0.2) is 12.8 Å². The van der Waals surface area contributed by atoms with E-state index in [9.17, 15) is 4.79 Å². The third-order valence-electron chi connectivity index (χ3n) is 8.35. The van der Waals surface area contributed by atoms with E-state index in [4.69, 9.17) is 9.15 Å². The molecule has 2 aliphatic heterocycles. The Morgan fingerprint density at radius 3 is 2.45 bits per heavy atom. The van der Waals surface area contributed by atoms with E-state index in [0.717, 1.165) is 61.4 Å². The van der Waals surface area contributed by atoms with Gasteiger partial charge >= 0.3 is 6.09 Å². The van der Waals surface area contributed by atoms with Gasteiger partial charge in [-0.1, -0.05) is 78.1 Å². The van der Waals surface area contributed by atoms with Crippen LogP contribution >= 0.6 is 0 Å². The molecule has 0 fully saturated rings. The van der Waals surface area contributed by atoms with Gasteiger partial charge in [0.05, 0.1) is 5.69 Å². The monoisotopic (exact) mass is 493 g/mol. The van der Waals surface area contributed by atoms with Crippen molar-refractivity contribution in [1.29, 1.82) is 0 Å². The van der Waals surface area contributed by atoms with Crippen LogP contribution in [0.4, 0.5) is 16.2 Å². The van der Waals surface area contributed by atoms with Gasteiger partial charge in [-0.3, -0.25) is 0 Å². The molecule has 3 heterocycles. The fourth-order valence-corrected chi connectivity index (χ4v) is 6.75. The smallest absolute Gasteiger partial charge is 0.424 e. The number of carbonyl (C=O) groups is 1. The Labute approximate surface area is 220 Å². The molecule has 38 heavy (non-hydrogen) atoms. The maximum absolute atomic E-state index is 13.7. The van der Waals surface area contributed by atoms with Crippen molar-refractivity contribution in [3.05, 3.63) is 95.6 Å². The van der Waals surface area contributed by atoms with Crippen molar-refractivity contribution in [2.24, 2.45) is 0 Å². The van der Waals surface area contributed by atoms with Crippen LogP contribution in [-0.2, 0) is 6.42 Å². The topological polar surface area (TPSA) is 42.7 Å². The normalized spacial score (nSPS) is 13.9. The lowest BCUT2D eigenvalue weighted by atomic mass is 9.33. The van der Waals surface area contributed by atoms with Crippen LogP contribution in [0, 0.1) is 13.8 Å². The molecule has 5 aromatic carbocycles. The Morgan fingerprint density at radius 1 is 0.816 bits per heavy atom. The second kappa shape index (κ2) is 7.51. The SMILES string of the molecule is CCc1cc(C)c(B2c3cc4oc5ccccc5c4cc3N3C(=O)Oc4cccc5ccc2c3c45)c(C)c1. The number of amides is 1. The molecule has 6 aromatic rings. The summed E-state index contributed by atoms with van der Waals surface area (Å²) in [5.74, 6) is 0.618. The third kappa shape index (κ3) is 2.73. The summed E-state index contributed by atoms with van der Waals surface area (Å²) >= 11 is 0. The van der Waals surface area contributed by atoms with Crippen LogP contribution < -0.4 is 26.0 Å². The highest BCUT2D eigenvalue weighted by atomic mass is 16.6. The summed E-state index contributed by atoms with van der Waals surface area (Å²) in [7, 11) is 0. The number of fused-ring (bicyclic) bond motifs is 5. The van der Waals surface area contributed by atoms with Gasteiger partial charge in [-0.25, -0.2) is 9.69 Å². The zero-order valence-electron chi connectivity index (χ0n) is 21.5. The first-order valence-electron chi connectivity index (χ1n) is 13.2. The number of anilines is 2. The Kier molecular flexibility index (Phi) is 4.26. The van der Waals surface area contributed by atoms with Gasteiger partial charge in [0, 0.05) is 21.8 Å². The number of hydrogen-bond acceptors (Lipinski definition) is 3. The second-order valence-corrected chi connectivity index (χ2v) is 10.5. The van der Waals surface area contributed by atoms with Crippen LogP contribution in [0.5, 0.6) is 5.75 Å². The Balaban J connectivity index is 1.54. The molecule has 1 aromatic heterocycles. The molecular weight excluding hydrogens is 469 g/mol. The number of nitrogens with zero attached hydrogens (tertiary/aromatic N) is 1. The molecule has 182 valence electrons. The maximum Gasteiger partial charge on any atom is 0.424 e. The first-order valence-corrected chi connectivity index (χ1v) is 13.2. The standard InChI is InChI=1S/C33H24BNO3/c1-4-20-14-18(2)31(19(3)15-20)34-24-13-12-21-8-7-11-28-30(21)32(24)35(33(36)38-28)26-16-23-22-9-5-6-10-27(22)37-29(23)17-25(26)34/h5-17H,4H2,1-3H3. The zero-order valence-corrected chi connectivity index (χ0v) is 21.5. The molecule has 4 nitrogen and oxygen atoms in total. The van der Waals surface area contributed by atoms with Gasteiger partial charge in [0.15, 0.2) is 0 Å². The van der Waals surface area contributed by atoms with E-state index >= 15 is 0 Å². The summed E-state index contributed by atoms with van der Waals surface area (Å²) in [5, 5.41) is 4.08. The predicted molar refractivity (Wildman–Crippen MR) is 156 cm³/mol. The van der Waals surface area contributed by atoms with Crippen molar-refractivity contribution in [3.8, 4) is 5.75 Å². The first-order chi connectivity index (χ1) is 18.5. The molecule has 0 bridgehead atoms. The van der Waals surface area contributed by atoms with Crippen molar-refractivity contribution in [1.82, 2.24) is 0 Å². The Bertz CT molecular complexity index is 1980. The van der Waals surface area contributed by atoms with Crippen molar-refractivity contribution < 1.29 is 13.9 Å². The summed E-state index contributed by atoms with van der Waals surface area (Å²) in [4.78, 5) is 15.4. The fourth-order valence-electron chi connectivity index (χ4n) is 6.75. The average Bonchev–Trinajstić information content (AvgIpc) is 3.28. The van der Waals surface area contributed by atoms with Gasteiger partial charge in [0.2, 0.25) is 6.71 Å². The summed E-state index contributed by atoms with van der Waals surface area (Å²) in [6.45, 7) is 6.56. The van der Waals surface area contributed by atoms with E-state index in [1.807, 2.05) is 30.3 Å². The van der Waals surface area contributed by atoms with E-state index in [1.54, 1.807) is 4.90 Å². The highest BCUT2D eigenvalue weighted by Gasteiger charge is 2.43. The average molecular weight is 493 g/mol. The molecule has 0 unspecified atom stereocenters. The molecule has 0 saturated carbocycles. The van der Waals surface area contributed by atoms with Crippen LogP contribution in [0.15, 0.2) is 83.3 Å². The molecule has 5 heteroatoms. The Hall–Kier alpha value is -4.51. The summed E-state index contributed by atoms with van der Waals surface area (Å²) in [6, 6.07) is 27.2. The number of furan rings is 1. The summed E-state index contributed by atoms with van der Waals surface area (Å²) < 4.78 is 12.2. The number of carbonyl (C=O) groups excluding carboxylic acids is 1. The fraction of sp³-hybridized carbons (Fsp3) is 0.121. The lowest BCUT2D eigenvalue weighted by Gasteiger charge is -2.39. The van der Waals surface area contributed by atoms with Crippen molar-refractivity contribution in [2.45, 2.75) is 27.2 Å². The molecular formula is C33H24BNO3. The molecule has 2 aliphatic rings. The quantitative estimate of drug-likeness (QED) is 0.262. The molecule has 0 N–H and O–H groups in total. The predicted octanol–water partition coefficient (Wildman–Crippen LogP) is 6.40. The first kappa shape index (κ1) is 21.6. The molecule has 0 spiro atoms. The number of rotatable bonds is 2. The van der Waals surface area contributed by atoms with Crippen LogP contribution in [0.1, 0.15) is 23.6 Å². The van der Waals surface area contributed by atoms with E-state index in [2.05, 4.69) is 69.3 Å². The molecule has 0 saturated heterocycles. The van der Waals surface area contributed by atoms with Crippen molar-refractivity contribution in [3.63, 3.8) is 0 Å². The minimum atomic E-state index is -0.376. The summed E-state index contributed by atoms with van der Waals surface area (Å²) in [5.41, 5.74) is 10.7. The van der Waals surface area contributed by atoms with Gasteiger partial charge in [0.1, 0.15) is 16.9 Å². The lowest BCUT2D eigenvalue weighted by molar-refractivity contribution is 0.210. The number of ether oxygens (including phenoxy) is 1. The van der Waals surface area contributed by atoms with Gasteiger partial charge < -0.3 is 9.15 Å². The molecule has 0 radical (unpaired) electrons. The van der Waals surface area contributed by atoms with Gasteiger partial charge in [-0.2, -0.15) is 0 Å². The van der Waals surface area contributed by atoms with Crippen molar-refractivity contribution in [2.75, 3.05) is 4.90 Å². The summed E-state index contributed by atoms with van der Waals surface area (Å²) in [6.07, 6.45) is 0.617. The number of aryl methyl sites for hydroxylation is 3. The second-order valence-electron chi connectivity index (χ2n) is 10.5. The minimum absolute atomic E-state index is 0.0527.